The van der Waals surface area contributed by atoms with Crippen LogP contribution in [0, 0.1) is 0 Å². The van der Waals surface area contributed by atoms with Crippen molar-refractivity contribution in [3.8, 4) is 0 Å². The van der Waals surface area contributed by atoms with Crippen LogP contribution in [0.5, 0.6) is 0 Å². The lowest BCUT2D eigenvalue weighted by Crippen LogP contribution is -2.35. The highest BCUT2D eigenvalue weighted by molar-refractivity contribution is 6.11. The molecule has 4 aromatic rings. The molecule has 2 aliphatic heterocycles. The van der Waals surface area contributed by atoms with Gasteiger partial charge in [-0.15, -0.1) is 0 Å². The van der Waals surface area contributed by atoms with Crippen molar-refractivity contribution in [2.75, 3.05) is 38.3 Å². The van der Waals surface area contributed by atoms with Gasteiger partial charge in [-0.3, -0.25) is 14.8 Å². The highest BCUT2D eigenvalue weighted by Crippen LogP contribution is 2.66. The summed E-state index contributed by atoms with van der Waals surface area (Å²) >= 11 is 0. The normalized spacial score (nSPS) is 23.4. The van der Waals surface area contributed by atoms with Gasteiger partial charge in [0.1, 0.15) is 0 Å². The molecule has 1 spiro atoms. The number of aromatic nitrogens is 2. The number of para-hydroxylation sites is 1. The summed E-state index contributed by atoms with van der Waals surface area (Å²) in [7, 11) is 1.89. The average Bonchev–Trinajstić information content (AvgIpc) is 3.52. The molecule has 2 atom stereocenters. The number of nitrogens with zero attached hydrogens (tertiary/aromatic N) is 3. The number of nitrogens with one attached hydrogen (secondary N) is 1. The van der Waals surface area contributed by atoms with Gasteiger partial charge < -0.3 is 9.64 Å². The number of likely N-dealkylation sites (N-methyl/N-ethyl adjacent to an activating group) is 1. The molecular formula is C31H30N4O2. The lowest BCUT2D eigenvalue weighted by molar-refractivity contribution is -0.120. The zero-order chi connectivity index (χ0) is 25.0. The van der Waals surface area contributed by atoms with Gasteiger partial charge >= 0.3 is 0 Å². The van der Waals surface area contributed by atoms with Crippen molar-refractivity contribution in [3.05, 3.63) is 94.7 Å². The number of anilines is 1. The topological polar surface area (TPSA) is 61.5 Å². The average molecular weight is 491 g/mol. The van der Waals surface area contributed by atoms with Crippen molar-refractivity contribution in [1.82, 2.24) is 15.1 Å². The van der Waals surface area contributed by atoms with E-state index in [1.54, 1.807) is 0 Å². The molecule has 37 heavy (non-hydrogen) atoms. The maximum Gasteiger partial charge on any atom is 0.238 e. The number of fused-ring (bicyclic) bond motifs is 3. The van der Waals surface area contributed by atoms with Crippen molar-refractivity contribution in [3.63, 3.8) is 0 Å². The van der Waals surface area contributed by atoms with Gasteiger partial charge in [-0.05, 0) is 46.9 Å². The van der Waals surface area contributed by atoms with E-state index in [0.717, 1.165) is 72.7 Å². The Morgan fingerprint density at radius 2 is 1.86 bits per heavy atom. The van der Waals surface area contributed by atoms with Crippen LogP contribution in [-0.2, 0) is 21.5 Å². The molecule has 6 nitrogen and oxygen atoms in total. The maximum atomic E-state index is 13.2. The van der Waals surface area contributed by atoms with Crippen LogP contribution in [0.25, 0.3) is 23.1 Å². The summed E-state index contributed by atoms with van der Waals surface area (Å²) in [5, 5.41) is 8.87. The molecule has 2 fully saturated rings. The fourth-order valence-electron chi connectivity index (χ4n) is 6.20. The molecule has 0 bridgehead atoms. The maximum absolute atomic E-state index is 13.2. The van der Waals surface area contributed by atoms with E-state index >= 15 is 0 Å². The zero-order valence-corrected chi connectivity index (χ0v) is 21.0. The largest absolute Gasteiger partial charge is 0.379 e. The molecule has 186 valence electrons. The molecule has 3 aliphatic rings. The number of carbonyl (C=O) groups is 1. The van der Waals surface area contributed by atoms with Gasteiger partial charge in [-0.2, -0.15) is 5.10 Å². The molecule has 7 rings (SSSR count). The molecule has 1 aromatic heterocycles. The molecule has 6 heteroatoms. The first-order chi connectivity index (χ1) is 18.1. The number of ether oxygens (including phenoxy) is 1. The van der Waals surface area contributed by atoms with Crippen LogP contribution in [0.15, 0.2) is 66.7 Å². The first kappa shape index (κ1) is 22.5. The van der Waals surface area contributed by atoms with E-state index in [1.807, 2.05) is 30.1 Å². The Morgan fingerprint density at radius 3 is 2.70 bits per heavy atom. The number of hydrogen-bond donors (Lipinski definition) is 1. The smallest absolute Gasteiger partial charge is 0.238 e. The Bertz CT molecular complexity index is 1520. The molecule has 0 radical (unpaired) electrons. The first-order valence-corrected chi connectivity index (χ1v) is 13.1. The van der Waals surface area contributed by atoms with Gasteiger partial charge in [0.2, 0.25) is 5.91 Å². The molecule has 1 aliphatic carbocycles. The summed E-state index contributed by atoms with van der Waals surface area (Å²) in [5.41, 5.74) is 7.40. The second-order valence-corrected chi connectivity index (χ2v) is 10.5. The number of hydrogen-bond acceptors (Lipinski definition) is 4. The molecule has 0 unspecified atom stereocenters. The molecule has 1 saturated carbocycles. The van der Waals surface area contributed by atoms with E-state index in [2.05, 4.69) is 75.8 Å². The molecular weight excluding hydrogens is 460 g/mol. The molecule has 3 heterocycles. The van der Waals surface area contributed by atoms with Crippen LogP contribution in [-0.4, -0.2) is 54.4 Å². The van der Waals surface area contributed by atoms with Crippen LogP contribution in [0.1, 0.15) is 40.3 Å². The Kier molecular flexibility index (Phi) is 5.27. The monoisotopic (exact) mass is 490 g/mol. The predicted octanol–water partition coefficient (Wildman–Crippen LogP) is 4.97. The third kappa shape index (κ3) is 3.71. The Morgan fingerprint density at radius 1 is 1.05 bits per heavy atom. The number of rotatable bonds is 5. The first-order valence-electron chi connectivity index (χ1n) is 13.1. The fraction of sp³-hybridized carbons (Fsp3) is 0.290. The zero-order valence-electron chi connectivity index (χ0n) is 21.0. The van der Waals surface area contributed by atoms with Crippen LogP contribution in [0.2, 0.25) is 0 Å². The standard InChI is InChI=1S/C31H30N4O2/c1-34-29-5-3-2-4-25(29)31(30(34)36)19-26(31)23-11-12-24-27(32-33-28(24)18-23)13-10-21-6-8-22(9-7-21)20-35-14-16-37-17-15-35/h2-13,18,26H,14-17,19-20H2,1H3,(H,32,33)/b13-10+/t26-,31-/m0/s1. The third-order valence-corrected chi connectivity index (χ3v) is 8.34. The second kappa shape index (κ2) is 8.68. The minimum absolute atomic E-state index is 0.203. The highest BCUT2D eigenvalue weighted by atomic mass is 16.5. The molecule has 3 aromatic carbocycles. The number of carbonyl (C=O) groups excluding carboxylic acids is 1. The lowest BCUT2D eigenvalue weighted by atomic mass is 9.92. The second-order valence-electron chi connectivity index (χ2n) is 10.5. The summed E-state index contributed by atoms with van der Waals surface area (Å²) in [6.45, 7) is 4.61. The quantitative estimate of drug-likeness (QED) is 0.429. The van der Waals surface area contributed by atoms with E-state index in [1.165, 1.54) is 11.1 Å². The summed E-state index contributed by atoms with van der Waals surface area (Å²) in [4.78, 5) is 17.5. The van der Waals surface area contributed by atoms with Crippen LogP contribution in [0.3, 0.4) is 0 Å². The highest BCUT2D eigenvalue weighted by Gasteiger charge is 2.66. The van der Waals surface area contributed by atoms with Gasteiger partial charge in [-0.1, -0.05) is 60.7 Å². The van der Waals surface area contributed by atoms with E-state index < -0.39 is 5.41 Å². The van der Waals surface area contributed by atoms with Crippen molar-refractivity contribution >= 4 is 34.6 Å². The summed E-state index contributed by atoms with van der Waals surface area (Å²) < 4.78 is 5.44. The van der Waals surface area contributed by atoms with Crippen molar-refractivity contribution in [1.29, 1.82) is 0 Å². The van der Waals surface area contributed by atoms with E-state index in [0.29, 0.717) is 0 Å². The van der Waals surface area contributed by atoms with E-state index in [9.17, 15) is 4.79 Å². The number of benzene rings is 3. The minimum atomic E-state index is -0.407. The van der Waals surface area contributed by atoms with Gasteiger partial charge in [0.05, 0.1) is 29.8 Å². The van der Waals surface area contributed by atoms with Gasteiger partial charge in [0.15, 0.2) is 0 Å². The van der Waals surface area contributed by atoms with Crippen LogP contribution < -0.4 is 4.90 Å². The van der Waals surface area contributed by atoms with Gasteiger partial charge in [0.25, 0.3) is 0 Å². The third-order valence-electron chi connectivity index (χ3n) is 8.34. The van der Waals surface area contributed by atoms with Crippen molar-refractivity contribution in [2.45, 2.75) is 24.3 Å². The summed E-state index contributed by atoms with van der Waals surface area (Å²) in [6.07, 6.45) is 5.04. The number of aromatic amines is 1. The molecule has 1 N–H and O–H groups in total. The Balaban J connectivity index is 1.08. The van der Waals surface area contributed by atoms with Crippen LogP contribution in [0.4, 0.5) is 5.69 Å². The fourth-order valence-corrected chi connectivity index (χ4v) is 6.20. The van der Waals surface area contributed by atoms with Crippen molar-refractivity contribution < 1.29 is 9.53 Å². The Hall–Kier alpha value is -3.74. The molecule has 1 amide bonds. The van der Waals surface area contributed by atoms with Gasteiger partial charge in [-0.25, -0.2) is 0 Å². The summed E-state index contributed by atoms with van der Waals surface area (Å²) in [6, 6.07) is 23.4. The lowest BCUT2D eigenvalue weighted by Gasteiger charge is -2.26. The minimum Gasteiger partial charge on any atom is -0.379 e. The van der Waals surface area contributed by atoms with Crippen LogP contribution >= 0.6 is 0 Å². The Labute approximate surface area is 216 Å². The molecule has 1 saturated heterocycles. The predicted molar refractivity (Wildman–Crippen MR) is 146 cm³/mol. The number of morpholine rings is 1. The van der Waals surface area contributed by atoms with Gasteiger partial charge in [0, 0.05) is 43.7 Å². The van der Waals surface area contributed by atoms with E-state index in [-0.39, 0.29) is 11.8 Å². The summed E-state index contributed by atoms with van der Waals surface area (Å²) in [5.74, 6) is 0.414. The van der Waals surface area contributed by atoms with E-state index in [4.69, 9.17) is 4.74 Å². The number of amides is 1. The SMILES string of the molecule is CN1C(=O)[C@@]2(C[C@H]2c2ccc3c(/C=C/c4ccc(CN5CCOCC5)cc4)n[nH]c3c2)c2ccccc21. The number of H-pyrrole nitrogens is 1. The van der Waals surface area contributed by atoms with Crippen molar-refractivity contribution in [2.24, 2.45) is 0 Å².